The molecular weight excluding hydrogens is 164 g/mol. The van der Waals surface area contributed by atoms with Crippen molar-refractivity contribution in [2.45, 2.75) is 6.42 Å². The summed E-state index contributed by atoms with van der Waals surface area (Å²) in [4.78, 5) is 20.5. The lowest BCUT2D eigenvalue weighted by Crippen LogP contribution is -2.12. The van der Waals surface area contributed by atoms with E-state index in [1.807, 2.05) is 0 Å². The molecule has 0 fully saturated rings. The number of ketones is 1. The Morgan fingerprint density at radius 2 is 2.18 bits per heavy atom. The van der Waals surface area contributed by atoms with Crippen LogP contribution in [-0.2, 0) is 9.59 Å². The number of carboxylic acids is 1. The summed E-state index contributed by atoms with van der Waals surface area (Å²) < 4.78 is 0. The van der Waals surface area contributed by atoms with Gasteiger partial charge >= 0.3 is 5.97 Å². The SMILES string of the molecule is C=CCSCCC(=O)C(=O)O. The smallest absolute Gasteiger partial charge is 0.372 e. The molecule has 0 aliphatic carbocycles. The van der Waals surface area contributed by atoms with Gasteiger partial charge in [0.25, 0.3) is 0 Å². The fourth-order valence-electron chi connectivity index (χ4n) is 0.438. The maximum atomic E-state index is 10.5. The minimum absolute atomic E-state index is 0.105. The number of carboxylic acid groups (broad SMARTS) is 1. The second-order valence-corrected chi connectivity index (χ2v) is 2.99. The summed E-state index contributed by atoms with van der Waals surface area (Å²) in [6.07, 6.45) is 1.82. The summed E-state index contributed by atoms with van der Waals surface area (Å²) in [5.74, 6) is -0.755. The molecule has 0 aliphatic rings. The van der Waals surface area contributed by atoms with Crippen LogP contribution in [0.15, 0.2) is 12.7 Å². The van der Waals surface area contributed by atoms with Crippen molar-refractivity contribution in [3.8, 4) is 0 Å². The molecule has 0 saturated heterocycles. The third-order valence-corrected chi connectivity index (χ3v) is 1.91. The van der Waals surface area contributed by atoms with E-state index in [-0.39, 0.29) is 6.42 Å². The summed E-state index contributed by atoms with van der Waals surface area (Å²) in [5, 5.41) is 8.16. The number of aliphatic carboxylic acids is 1. The Kier molecular flexibility index (Phi) is 5.56. The van der Waals surface area contributed by atoms with Gasteiger partial charge in [-0.05, 0) is 0 Å². The molecule has 0 unspecified atom stereocenters. The molecule has 0 rings (SSSR count). The van der Waals surface area contributed by atoms with Gasteiger partial charge in [0, 0.05) is 17.9 Å². The molecule has 0 amide bonds. The van der Waals surface area contributed by atoms with E-state index in [0.29, 0.717) is 5.75 Å². The molecule has 62 valence electrons. The molecule has 0 heterocycles. The summed E-state index contributed by atoms with van der Waals surface area (Å²) in [7, 11) is 0. The highest BCUT2D eigenvalue weighted by Crippen LogP contribution is 2.02. The van der Waals surface area contributed by atoms with Crippen molar-refractivity contribution in [1.82, 2.24) is 0 Å². The topological polar surface area (TPSA) is 54.4 Å². The van der Waals surface area contributed by atoms with Gasteiger partial charge in [0.2, 0.25) is 5.78 Å². The number of Topliss-reactive ketones (excluding diaryl/α,β-unsaturated/α-hetero) is 1. The summed E-state index contributed by atoms with van der Waals surface area (Å²) >= 11 is 1.50. The lowest BCUT2D eigenvalue weighted by Gasteiger charge is -1.93. The van der Waals surface area contributed by atoms with E-state index < -0.39 is 11.8 Å². The van der Waals surface area contributed by atoms with Gasteiger partial charge < -0.3 is 5.11 Å². The summed E-state index contributed by atoms with van der Waals surface area (Å²) in [6.45, 7) is 3.49. The molecule has 1 N–H and O–H groups in total. The Labute approximate surface area is 69.5 Å². The monoisotopic (exact) mass is 174 g/mol. The fraction of sp³-hybridized carbons (Fsp3) is 0.429. The van der Waals surface area contributed by atoms with E-state index >= 15 is 0 Å². The minimum atomic E-state index is -1.34. The molecule has 0 aromatic carbocycles. The minimum Gasteiger partial charge on any atom is -0.476 e. The van der Waals surface area contributed by atoms with E-state index in [4.69, 9.17) is 5.11 Å². The Morgan fingerprint density at radius 3 is 2.64 bits per heavy atom. The Bertz CT molecular complexity index is 165. The molecule has 0 spiro atoms. The fourth-order valence-corrected chi connectivity index (χ4v) is 1.10. The highest BCUT2D eigenvalue weighted by atomic mass is 32.2. The zero-order valence-electron chi connectivity index (χ0n) is 6.08. The second-order valence-electron chi connectivity index (χ2n) is 1.84. The van der Waals surface area contributed by atoms with Gasteiger partial charge in [-0.15, -0.1) is 6.58 Å². The number of carbonyl (C=O) groups excluding carboxylic acids is 1. The van der Waals surface area contributed by atoms with Gasteiger partial charge in [-0.1, -0.05) is 6.08 Å². The van der Waals surface area contributed by atoms with Gasteiger partial charge in [-0.2, -0.15) is 11.8 Å². The first kappa shape index (κ1) is 10.2. The van der Waals surface area contributed by atoms with Gasteiger partial charge in [0.05, 0.1) is 0 Å². The van der Waals surface area contributed by atoms with Gasteiger partial charge in [-0.25, -0.2) is 4.79 Å². The first-order chi connectivity index (χ1) is 5.18. The van der Waals surface area contributed by atoms with Gasteiger partial charge in [-0.3, -0.25) is 4.79 Å². The lowest BCUT2D eigenvalue weighted by molar-refractivity contribution is -0.148. The number of carbonyl (C=O) groups is 2. The molecule has 0 aromatic rings. The maximum absolute atomic E-state index is 10.5. The number of hydrogen-bond acceptors (Lipinski definition) is 3. The van der Waals surface area contributed by atoms with Crippen LogP contribution in [0, 0.1) is 0 Å². The zero-order valence-corrected chi connectivity index (χ0v) is 6.89. The average Bonchev–Trinajstić information content (AvgIpc) is 1.97. The summed E-state index contributed by atoms with van der Waals surface area (Å²) in [6, 6.07) is 0. The normalized spacial score (nSPS) is 9.09. The van der Waals surface area contributed by atoms with Crippen LogP contribution in [0.1, 0.15) is 6.42 Å². The standard InChI is InChI=1S/C7H10O3S/c1-2-4-11-5-3-6(8)7(9)10/h2H,1,3-5H2,(H,9,10). The highest BCUT2D eigenvalue weighted by Gasteiger charge is 2.09. The van der Waals surface area contributed by atoms with E-state index in [0.717, 1.165) is 5.75 Å². The van der Waals surface area contributed by atoms with Crippen molar-refractivity contribution in [3.63, 3.8) is 0 Å². The highest BCUT2D eigenvalue weighted by molar-refractivity contribution is 7.99. The summed E-state index contributed by atoms with van der Waals surface area (Å²) in [5.41, 5.74) is 0. The van der Waals surface area contributed by atoms with Crippen LogP contribution in [-0.4, -0.2) is 28.4 Å². The van der Waals surface area contributed by atoms with Crippen molar-refractivity contribution in [2.24, 2.45) is 0 Å². The van der Waals surface area contributed by atoms with Crippen molar-refractivity contribution >= 4 is 23.5 Å². The largest absolute Gasteiger partial charge is 0.476 e. The van der Waals surface area contributed by atoms with Crippen LogP contribution in [0.2, 0.25) is 0 Å². The first-order valence-corrected chi connectivity index (χ1v) is 4.28. The van der Waals surface area contributed by atoms with Crippen molar-refractivity contribution in [1.29, 1.82) is 0 Å². The Morgan fingerprint density at radius 1 is 1.55 bits per heavy atom. The van der Waals surface area contributed by atoms with Crippen molar-refractivity contribution < 1.29 is 14.7 Å². The van der Waals surface area contributed by atoms with Crippen molar-refractivity contribution in [2.75, 3.05) is 11.5 Å². The molecule has 0 aliphatic heterocycles. The van der Waals surface area contributed by atoms with E-state index in [1.165, 1.54) is 11.8 Å². The second kappa shape index (κ2) is 5.97. The molecule has 0 saturated carbocycles. The molecule has 11 heavy (non-hydrogen) atoms. The van der Waals surface area contributed by atoms with Crippen LogP contribution in [0.25, 0.3) is 0 Å². The third kappa shape index (κ3) is 5.66. The predicted molar refractivity (Wildman–Crippen MR) is 44.8 cm³/mol. The quantitative estimate of drug-likeness (QED) is 0.370. The number of thioether (sulfide) groups is 1. The van der Waals surface area contributed by atoms with Gasteiger partial charge in [0.15, 0.2) is 0 Å². The van der Waals surface area contributed by atoms with Crippen LogP contribution in [0.4, 0.5) is 0 Å². The van der Waals surface area contributed by atoms with Crippen LogP contribution in [0.3, 0.4) is 0 Å². The van der Waals surface area contributed by atoms with Crippen LogP contribution < -0.4 is 0 Å². The predicted octanol–water partition coefficient (Wildman–Crippen LogP) is 0.949. The van der Waals surface area contributed by atoms with E-state index in [1.54, 1.807) is 6.08 Å². The van der Waals surface area contributed by atoms with E-state index in [9.17, 15) is 9.59 Å². The lowest BCUT2D eigenvalue weighted by atomic mass is 10.3. The Hall–Kier alpha value is -0.770. The molecule has 4 heteroatoms. The average molecular weight is 174 g/mol. The van der Waals surface area contributed by atoms with Crippen LogP contribution in [0.5, 0.6) is 0 Å². The molecule has 0 aromatic heterocycles. The maximum Gasteiger partial charge on any atom is 0.372 e. The first-order valence-electron chi connectivity index (χ1n) is 3.13. The molecule has 0 bridgehead atoms. The van der Waals surface area contributed by atoms with Gasteiger partial charge in [0.1, 0.15) is 0 Å². The van der Waals surface area contributed by atoms with Crippen LogP contribution >= 0.6 is 11.8 Å². The van der Waals surface area contributed by atoms with E-state index in [2.05, 4.69) is 6.58 Å². The molecule has 0 radical (unpaired) electrons. The third-order valence-electron chi connectivity index (χ3n) is 0.948. The molecule has 0 atom stereocenters. The van der Waals surface area contributed by atoms with Crippen molar-refractivity contribution in [3.05, 3.63) is 12.7 Å². The number of rotatable bonds is 6. The Balaban J connectivity index is 3.31. The zero-order chi connectivity index (χ0) is 8.69. The number of hydrogen-bond donors (Lipinski definition) is 1. The molecule has 3 nitrogen and oxygen atoms in total. The molecular formula is C7H10O3S.